The fourth-order valence-corrected chi connectivity index (χ4v) is 1.60. The van der Waals surface area contributed by atoms with E-state index in [0.717, 1.165) is 4.90 Å². The lowest BCUT2D eigenvalue weighted by molar-refractivity contribution is -0.387. The summed E-state index contributed by atoms with van der Waals surface area (Å²) >= 11 is 0. The van der Waals surface area contributed by atoms with Crippen LogP contribution in [0.2, 0.25) is 0 Å². The van der Waals surface area contributed by atoms with Gasteiger partial charge in [-0.25, -0.2) is 4.39 Å². The number of carbonyl (C=O) groups excluding carboxylic acids is 1. The number of benzene rings is 1. The molecule has 1 amide bonds. The quantitative estimate of drug-likeness (QED) is 0.612. The number of halogens is 2. The number of nitriles is 1. The van der Waals surface area contributed by atoms with Gasteiger partial charge in [0.25, 0.3) is 5.91 Å². The van der Waals surface area contributed by atoms with Crippen molar-refractivity contribution in [2.75, 3.05) is 13.1 Å². The molecule has 0 radical (unpaired) electrons. The largest absolute Gasteiger partial charge is 0.338 e. The summed E-state index contributed by atoms with van der Waals surface area (Å²) in [6, 6.07) is 2.72. The van der Waals surface area contributed by atoms with Crippen molar-refractivity contribution in [2.45, 2.75) is 13.3 Å². The minimum absolute atomic E-state index is 0.0522. The van der Waals surface area contributed by atoms with E-state index in [2.05, 4.69) is 0 Å². The first kappa shape index (κ1) is 15.5. The van der Waals surface area contributed by atoms with E-state index in [1.165, 1.54) is 0 Å². The second kappa shape index (κ2) is 6.56. The van der Waals surface area contributed by atoms with Gasteiger partial charge in [-0.1, -0.05) is 0 Å². The first-order chi connectivity index (χ1) is 9.42. The first-order valence-corrected chi connectivity index (χ1v) is 5.72. The Bertz CT molecular complexity index is 584. The predicted molar refractivity (Wildman–Crippen MR) is 64.8 cm³/mol. The van der Waals surface area contributed by atoms with Gasteiger partial charge in [-0.05, 0) is 13.0 Å². The molecule has 0 fully saturated rings. The molecular formula is C12H11F2N3O3. The smallest absolute Gasteiger partial charge is 0.307 e. The summed E-state index contributed by atoms with van der Waals surface area (Å²) in [6.07, 6.45) is 0.0522. The molecular weight excluding hydrogens is 272 g/mol. The predicted octanol–water partition coefficient (Wildman–Crippen LogP) is 2.25. The van der Waals surface area contributed by atoms with E-state index in [1.807, 2.05) is 6.07 Å². The Kier molecular flexibility index (Phi) is 5.08. The van der Waals surface area contributed by atoms with Crippen molar-refractivity contribution >= 4 is 11.6 Å². The summed E-state index contributed by atoms with van der Waals surface area (Å²) in [6.45, 7) is 1.90. The van der Waals surface area contributed by atoms with Crippen molar-refractivity contribution in [1.82, 2.24) is 4.90 Å². The van der Waals surface area contributed by atoms with Crippen molar-refractivity contribution in [3.63, 3.8) is 0 Å². The van der Waals surface area contributed by atoms with E-state index >= 15 is 0 Å². The molecule has 1 aromatic carbocycles. The standard InChI is InChI=1S/C12H11F2N3O3/c1-2-16(5-3-4-15)12(18)8-6-10(14)11(17(19)20)7-9(8)13/h6-7H,2-3,5H2,1H3. The van der Waals surface area contributed by atoms with Crippen LogP contribution in [0.5, 0.6) is 0 Å². The van der Waals surface area contributed by atoms with E-state index in [1.54, 1.807) is 6.92 Å². The van der Waals surface area contributed by atoms with Crippen LogP contribution in [0.1, 0.15) is 23.7 Å². The van der Waals surface area contributed by atoms with Gasteiger partial charge in [-0.2, -0.15) is 9.65 Å². The molecule has 0 aliphatic carbocycles. The van der Waals surface area contributed by atoms with E-state index in [4.69, 9.17) is 5.26 Å². The highest BCUT2D eigenvalue weighted by Gasteiger charge is 2.24. The zero-order valence-corrected chi connectivity index (χ0v) is 10.6. The lowest BCUT2D eigenvalue weighted by atomic mass is 10.1. The summed E-state index contributed by atoms with van der Waals surface area (Å²) in [4.78, 5) is 22.5. The molecule has 20 heavy (non-hydrogen) atoms. The second-order valence-electron chi connectivity index (χ2n) is 3.83. The van der Waals surface area contributed by atoms with Crippen LogP contribution in [0.15, 0.2) is 12.1 Å². The van der Waals surface area contributed by atoms with Crippen LogP contribution in [-0.4, -0.2) is 28.8 Å². The lowest BCUT2D eigenvalue weighted by Gasteiger charge is -2.19. The maximum atomic E-state index is 13.7. The normalized spacial score (nSPS) is 9.90. The second-order valence-corrected chi connectivity index (χ2v) is 3.83. The highest BCUT2D eigenvalue weighted by molar-refractivity contribution is 5.94. The van der Waals surface area contributed by atoms with Crippen molar-refractivity contribution in [1.29, 1.82) is 5.26 Å². The van der Waals surface area contributed by atoms with Gasteiger partial charge in [-0.15, -0.1) is 0 Å². The van der Waals surface area contributed by atoms with Crippen LogP contribution in [0, 0.1) is 33.1 Å². The summed E-state index contributed by atoms with van der Waals surface area (Å²) in [7, 11) is 0. The number of nitro benzene ring substituents is 1. The van der Waals surface area contributed by atoms with Gasteiger partial charge in [0.2, 0.25) is 5.82 Å². The van der Waals surface area contributed by atoms with Crippen LogP contribution in [0.25, 0.3) is 0 Å². The van der Waals surface area contributed by atoms with Gasteiger partial charge in [0, 0.05) is 13.1 Å². The Balaban J connectivity index is 3.13. The minimum atomic E-state index is -1.28. The summed E-state index contributed by atoms with van der Waals surface area (Å²) in [5.41, 5.74) is -1.62. The fraction of sp³-hybridized carbons (Fsp3) is 0.333. The summed E-state index contributed by atoms with van der Waals surface area (Å²) in [5, 5.41) is 18.9. The molecule has 8 heteroatoms. The van der Waals surface area contributed by atoms with Gasteiger partial charge in [-0.3, -0.25) is 14.9 Å². The van der Waals surface area contributed by atoms with Gasteiger partial charge < -0.3 is 4.90 Å². The third-order valence-corrected chi connectivity index (χ3v) is 2.63. The van der Waals surface area contributed by atoms with Crippen molar-refractivity contribution < 1.29 is 18.5 Å². The SMILES string of the molecule is CCN(CCC#N)C(=O)c1cc(F)c([N+](=O)[O-])cc1F. The molecule has 0 atom stereocenters. The molecule has 0 saturated carbocycles. The van der Waals surface area contributed by atoms with E-state index in [0.29, 0.717) is 12.1 Å². The molecule has 0 bridgehead atoms. The molecule has 0 N–H and O–H groups in total. The molecule has 106 valence electrons. The molecule has 0 aliphatic heterocycles. The Morgan fingerprint density at radius 1 is 1.45 bits per heavy atom. The topological polar surface area (TPSA) is 87.2 Å². The molecule has 0 aliphatic rings. The Hall–Kier alpha value is -2.56. The number of nitro groups is 1. The number of rotatable bonds is 5. The number of amides is 1. The van der Waals surface area contributed by atoms with E-state index in [-0.39, 0.29) is 19.5 Å². The van der Waals surface area contributed by atoms with Crippen LogP contribution >= 0.6 is 0 Å². The molecule has 1 aromatic rings. The zero-order chi connectivity index (χ0) is 15.3. The van der Waals surface area contributed by atoms with Crippen molar-refractivity contribution in [3.8, 4) is 6.07 Å². The third-order valence-electron chi connectivity index (χ3n) is 2.63. The molecule has 6 nitrogen and oxygen atoms in total. The molecule has 0 saturated heterocycles. The Morgan fingerprint density at radius 3 is 2.60 bits per heavy atom. The average Bonchev–Trinajstić information content (AvgIpc) is 2.41. The van der Waals surface area contributed by atoms with Crippen molar-refractivity contribution in [3.05, 3.63) is 39.4 Å². The third kappa shape index (κ3) is 3.26. The van der Waals surface area contributed by atoms with Crippen LogP contribution < -0.4 is 0 Å². The maximum absolute atomic E-state index is 13.7. The lowest BCUT2D eigenvalue weighted by Crippen LogP contribution is -2.32. The van der Waals surface area contributed by atoms with Gasteiger partial charge in [0.15, 0.2) is 0 Å². The first-order valence-electron chi connectivity index (χ1n) is 5.72. The molecule has 0 unspecified atom stereocenters. The maximum Gasteiger partial charge on any atom is 0.307 e. The zero-order valence-electron chi connectivity index (χ0n) is 10.6. The summed E-state index contributed by atoms with van der Waals surface area (Å²) in [5.74, 6) is -3.26. The number of nitrogens with zero attached hydrogens (tertiary/aromatic N) is 3. The van der Waals surface area contributed by atoms with E-state index < -0.39 is 33.7 Å². The Morgan fingerprint density at radius 2 is 2.10 bits per heavy atom. The van der Waals surface area contributed by atoms with Crippen molar-refractivity contribution in [2.24, 2.45) is 0 Å². The minimum Gasteiger partial charge on any atom is -0.338 e. The van der Waals surface area contributed by atoms with Crippen LogP contribution in [-0.2, 0) is 0 Å². The number of hydrogen-bond donors (Lipinski definition) is 0. The van der Waals surface area contributed by atoms with E-state index in [9.17, 15) is 23.7 Å². The van der Waals surface area contributed by atoms with Gasteiger partial charge in [0.05, 0.1) is 29.0 Å². The van der Waals surface area contributed by atoms with Crippen LogP contribution in [0.4, 0.5) is 14.5 Å². The van der Waals surface area contributed by atoms with Gasteiger partial charge >= 0.3 is 5.69 Å². The molecule has 1 rings (SSSR count). The highest BCUT2D eigenvalue weighted by atomic mass is 19.1. The van der Waals surface area contributed by atoms with Gasteiger partial charge in [0.1, 0.15) is 5.82 Å². The van der Waals surface area contributed by atoms with Crippen LogP contribution in [0.3, 0.4) is 0 Å². The highest BCUT2D eigenvalue weighted by Crippen LogP contribution is 2.22. The monoisotopic (exact) mass is 283 g/mol. The molecule has 0 heterocycles. The number of hydrogen-bond acceptors (Lipinski definition) is 4. The molecule has 0 spiro atoms. The average molecular weight is 283 g/mol. The fourth-order valence-electron chi connectivity index (χ4n) is 1.60. The molecule has 0 aromatic heterocycles. The number of carbonyl (C=O) groups is 1. The Labute approximate surface area is 113 Å². The summed E-state index contributed by atoms with van der Waals surface area (Å²) < 4.78 is 27.1.